The molecule has 0 aliphatic rings. The molecule has 0 fully saturated rings. The molecule has 56 valence electrons. The van der Waals surface area contributed by atoms with Gasteiger partial charge in [0.15, 0.2) is 6.17 Å². The first-order valence-corrected chi connectivity index (χ1v) is 2.75. The first-order chi connectivity index (χ1) is 4.18. The summed E-state index contributed by atoms with van der Waals surface area (Å²) < 4.78 is 34.6. The number of halogens is 3. The highest BCUT2D eigenvalue weighted by atomic mass is 19.3. The Labute approximate surface area is 52.2 Å². The van der Waals surface area contributed by atoms with E-state index in [-0.39, 0.29) is 6.42 Å². The standard InChI is InChI=1S/C5H10F3N/c1-9-3-2-4(6)5(7)8/h4-5,9H,2-3H2,1H3. The fourth-order valence-corrected chi connectivity index (χ4v) is 0.408. The van der Waals surface area contributed by atoms with Crippen molar-refractivity contribution in [3.63, 3.8) is 0 Å². The molecule has 0 amide bonds. The van der Waals surface area contributed by atoms with Gasteiger partial charge in [-0.1, -0.05) is 0 Å². The van der Waals surface area contributed by atoms with E-state index < -0.39 is 12.6 Å². The van der Waals surface area contributed by atoms with Crippen molar-refractivity contribution in [1.82, 2.24) is 5.32 Å². The minimum atomic E-state index is -2.83. The van der Waals surface area contributed by atoms with Crippen LogP contribution in [0.3, 0.4) is 0 Å². The maximum absolute atomic E-state index is 11.9. The van der Waals surface area contributed by atoms with Crippen molar-refractivity contribution < 1.29 is 13.2 Å². The van der Waals surface area contributed by atoms with E-state index in [1.54, 1.807) is 7.05 Å². The van der Waals surface area contributed by atoms with E-state index in [2.05, 4.69) is 5.32 Å². The first kappa shape index (κ1) is 8.75. The molecule has 9 heavy (non-hydrogen) atoms. The fraction of sp³-hybridized carbons (Fsp3) is 1.00. The molecule has 0 heterocycles. The highest BCUT2D eigenvalue weighted by Gasteiger charge is 2.17. The number of hydrogen-bond acceptors (Lipinski definition) is 1. The van der Waals surface area contributed by atoms with Crippen molar-refractivity contribution in [3.8, 4) is 0 Å². The average molecular weight is 141 g/mol. The molecule has 0 aromatic rings. The van der Waals surface area contributed by atoms with Gasteiger partial charge < -0.3 is 5.32 Å². The third-order valence-electron chi connectivity index (χ3n) is 0.944. The van der Waals surface area contributed by atoms with Gasteiger partial charge in [0.1, 0.15) is 0 Å². The molecule has 0 spiro atoms. The van der Waals surface area contributed by atoms with Crippen LogP contribution in [0.5, 0.6) is 0 Å². The van der Waals surface area contributed by atoms with Gasteiger partial charge in [0.2, 0.25) is 0 Å². The summed E-state index contributed by atoms with van der Waals surface area (Å²) >= 11 is 0. The van der Waals surface area contributed by atoms with Gasteiger partial charge in [-0.2, -0.15) is 0 Å². The summed E-state index contributed by atoms with van der Waals surface area (Å²) in [6.07, 6.45) is -4.93. The van der Waals surface area contributed by atoms with Crippen molar-refractivity contribution in [2.24, 2.45) is 0 Å². The third kappa shape index (κ3) is 4.27. The van der Waals surface area contributed by atoms with Gasteiger partial charge in [0.05, 0.1) is 0 Å². The molecule has 0 bridgehead atoms. The lowest BCUT2D eigenvalue weighted by Gasteiger charge is -2.04. The summed E-state index contributed by atoms with van der Waals surface area (Å²) in [5, 5.41) is 2.58. The molecule has 1 N–H and O–H groups in total. The zero-order valence-corrected chi connectivity index (χ0v) is 5.20. The molecule has 1 nitrogen and oxygen atoms in total. The van der Waals surface area contributed by atoms with Gasteiger partial charge in [-0.05, 0) is 20.0 Å². The second-order valence-electron chi connectivity index (χ2n) is 1.74. The molecular weight excluding hydrogens is 131 g/mol. The molecule has 0 aromatic heterocycles. The summed E-state index contributed by atoms with van der Waals surface area (Å²) in [5.74, 6) is 0. The number of rotatable bonds is 4. The topological polar surface area (TPSA) is 12.0 Å². The van der Waals surface area contributed by atoms with Crippen molar-refractivity contribution in [2.45, 2.75) is 19.0 Å². The predicted molar refractivity (Wildman–Crippen MR) is 29.4 cm³/mol. The predicted octanol–water partition coefficient (Wildman–Crippen LogP) is 1.20. The van der Waals surface area contributed by atoms with Gasteiger partial charge in [-0.15, -0.1) is 0 Å². The maximum atomic E-state index is 11.9. The fourth-order valence-electron chi connectivity index (χ4n) is 0.408. The quantitative estimate of drug-likeness (QED) is 0.620. The highest BCUT2D eigenvalue weighted by molar-refractivity contribution is 4.58. The minimum absolute atomic E-state index is 0.117. The van der Waals surface area contributed by atoms with E-state index in [1.807, 2.05) is 0 Å². The highest BCUT2D eigenvalue weighted by Crippen LogP contribution is 2.07. The van der Waals surface area contributed by atoms with Crippen LogP contribution in [0.25, 0.3) is 0 Å². The van der Waals surface area contributed by atoms with Crippen LogP contribution >= 0.6 is 0 Å². The minimum Gasteiger partial charge on any atom is -0.320 e. The van der Waals surface area contributed by atoms with Crippen LogP contribution in [0.15, 0.2) is 0 Å². The number of alkyl halides is 3. The molecule has 0 radical (unpaired) electrons. The van der Waals surface area contributed by atoms with Crippen molar-refractivity contribution >= 4 is 0 Å². The van der Waals surface area contributed by atoms with Crippen LogP contribution in [0, 0.1) is 0 Å². The summed E-state index contributed by atoms with van der Waals surface area (Å²) in [6.45, 7) is 0.297. The van der Waals surface area contributed by atoms with Crippen LogP contribution in [-0.2, 0) is 0 Å². The summed E-state index contributed by atoms with van der Waals surface area (Å²) in [7, 11) is 1.60. The SMILES string of the molecule is CNCCC(F)C(F)F. The second kappa shape index (κ2) is 4.61. The van der Waals surface area contributed by atoms with E-state index in [0.717, 1.165) is 0 Å². The molecule has 0 aromatic carbocycles. The third-order valence-corrected chi connectivity index (χ3v) is 0.944. The summed E-state index contributed by atoms with van der Waals surface area (Å²) in [5.41, 5.74) is 0. The van der Waals surface area contributed by atoms with Gasteiger partial charge in [0.25, 0.3) is 6.43 Å². The van der Waals surface area contributed by atoms with E-state index in [0.29, 0.717) is 6.54 Å². The zero-order chi connectivity index (χ0) is 7.28. The Morgan fingerprint density at radius 3 is 2.22 bits per heavy atom. The molecule has 1 unspecified atom stereocenters. The molecule has 0 saturated heterocycles. The van der Waals surface area contributed by atoms with Crippen LogP contribution in [0.1, 0.15) is 6.42 Å². The second-order valence-corrected chi connectivity index (χ2v) is 1.74. The van der Waals surface area contributed by atoms with Gasteiger partial charge >= 0.3 is 0 Å². The Bertz CT molecular complexity index is 67.2. The summed E-state index contributed by atoms with van der Waals surface area (Å²) in [4.78, 5) is 0. The van der Waals surface area contributed by atoms with Crippen LogP contribution < -0.4 is 5.32 Å². The van der Waals surface area contributed by atoms with Crippen molar-refractivity contribution in [1.29, 1.82) is 0 Å². The van der Waals surface area contributed by atoms with Gasteiger partial charge in [0, 0.05) is 0 Å². The molecule has 0 aliphatic carbocycles. The largest absolute Gasteiger partial charge is 0.320 e. The van der Waals surface area contributed by atoms with Gasteiger partial charge in [-0.3, -0.25) is 0 Å². The zero-order valence-electron chi connectivity index (χ0n) is 5.20. The summed E-state index contributed by atoms with van der Waals surface area (Å²) in [6, 6.07) is 0. The Morgan fingerprint density at radius 2 is 1.89 bits per heavy atom. The monoisotopic (exact) mass is 141 g/mol. The van der Waals surface area contributed by atoms with Crippen LogP contribution in [0.2, 0.25) is 0 Å². The van der Waals surface area contributed by atoms with E-state index in [9.17, 15) is 13.2 Å². The Morgan fingerprint density at radius 1 is 1.33 bits per heavy atom. The smallest absolute Gasteiger partial charge is 0.269 e. The molecule has 0 aliphatic heterocycles. The van der Waals surface area contributed by atoms with Crippen molar-refractivity contribution in [2.75, 3.05) is 13.6 Å². The molecular formula is C5H10F3N. The lowest BCUT2D eigenvalue weighted by molar-refractivity contribution is 0.0459. The number of nitrogens with one attached hydrogen (secondary N) is 1. The molecule has 0 rings (SSSR count). The lowest BCUT2D eigenvalue weighted by Crippen LogP contribution is -2.19. The van der Waals surface area contributed by atoms with Gasteiger partial charge in [-0.25, -0.2) is 13.2 Å². The van der Waals surface area contributed by atoms with Crippen LogP contribution in [0.4, 0.5) is 13.2 Å². The Kier molecular flexibility index (Phi) is 4.48. The molecule has 4 heteroatoms. The normalized spacial score (nSPS) is 14.3. The van der Waals surface area contributed by atoms with Crippen molar-refractivity contribution in [3.05, 3.63) is 0 Å². The lowest BCUT2D eigenvalue weighted by atomic mass is 10.3. The average Bonchev–Trinajstić information content (AvgIpc) is 1.82. The Hall–Kier alpha value is -0.250. The first-order valence-electron chi connectivity index (χ1n) is 2.75. The molecule has 0 saturated carbocycles. The molecule has 1 atom stereocenters. The maximum Gasteiger partial charge on any atom is 0.269 e. The van der Waals surface area contributed by atoms with E-state index in [4.69, 9.17) is 0 Å². The number of hydrogen-bond donors (Lipinski definition) is 1. The van der Waals surface area contributed by atoms with E-state index in [1.165, 1.54) is 0 Å². The van der Waals surface area contributed by atoms with E-state index >= 15 is 0 Å². The Balaban J connectivity index is 3.16. The van der Waals surface area contributed by atoms with Crippen LogP contribution in [-0.4, -0.2) is 26.2 Å².